The van der Waals surface area contributed by atoms with Crippen LogP contribution in [0.4, 0.5) is 0 Å². The molecule has 7 nitrogen and oxygen atoms in total. The van der Waals surface area contributed by atoms with Crippen LogP contribution in [0.15, 0.2) is 59.9 Å². The standard InChI is InChI=1S/C24H30N6O.HI/c1-3-25-24(29-14-12-28(13-15-29)19(2)31)26-16-20-8-10-21(11-9-20)17-30-18-27-22-6-4-5-7-23(22)30;/h4-11,18H,3,12-17H2,1-2H3,(H,25,26);1H. The first-order chi connectivity index (χ1) is 15.1. The minimum absolute atomic E-state index is 0. The minimum atomic E-state index is 0. The molecule has 2 aromatic carbocycles. The normalized spacial score (nSPS) is 14.4. The fraction of sp³-hybridized carbons (Fsp3) is 0.375. The molecule has 1 fully saturated rings. The summed E-state index contributed by atoms with van der Waals surface area (Å²) in [5, 5.41) is 3.39. The van der Waals surface area contributed by atoms with Gasteiger partial charge in [-0.2, -0.15) is 0 Å². The number of amides is 1. The van der Waals surface area contributed by atoms with Crippen molar-refractivity contribution in [1.29, 1.82) is 0 Å². The van der Waals surface area contributed by atoms with Gasteiger partial charge >= 0.3 is 0 Å². The number of aromatic nitrogens is 2. The van der Waals surface area contributed by atoms with E-state index in [1.807, 2.05) is 29.4 Å². The predicted octanol–water partition coefficient (Wildman–Crippen LogP) is 3.33. The lowest BCUT2D eigenvalue weighted by atomic mass is 10.1. The van der Waals surface area contributed by atoms with Crippen LogP contribution in [0.25, 0.3) is 11.0 Å². The molecule has 0 bridgehead atoms. The van der Waals surface area contributed by atoms with E-state index in [-0.39, 0.29) is 29.9 Å². The largest absolute Gasteiger partial charge is 0.357 e. The molecule has 1 saturated heterocycles. The fourth-order valence-electron chi connectivity index (χ4n) is 3.91. The van der Waals surface area contributed by atoms with Crippen LogP contribution in [-0.4, -0.2) is 63.9 Å². The Morgan fingerprint density at radius 3 is 2.34 bits per heavy atom. The van der Waals surface area contributed by atoms with Crippen molar-refractivity contribution in [2.45, 2.75) is 26.9 Å². The van der Waals surface area contributed by atoms with Gasteiger partial charge in [0, 0.05) is 46.2 Å². The van der Waals surface area contributed by atoms with Gasteiger partial charge in [0.25, 0.3) is 0 Å². The second-order valence-corrected chi connectivity index (χ2v) is 7.84. The van der Waals surface area contributed by atoms with Crippen LogP contribution in [0.3, 0.4) is 0 Å². The Morgan fingerprint density at radius 2 is 1.66 bits per heavy atom. The summed E-state index contributed by atoms with van der Waals surface area (Å²) in [7, 11) is 0. The van der Waals surface area contributed by atoms with Gasteiger partial charge in [0.15, 0.2) is 5.96 Å². The molecule has 4 rings (SSSR count). The van der Waals surface area contributed by atoms with Gasteiger partial charge < -0.3 is 19.7 Å². The number of piperazine rings is 1. The smallest absolute Gasteiger partial charge is 0.219 e. The van der Waals surface area contributed by atoms with E-state index in [2.05, 4.69) is 57.0 Å². The molecule has 3 aromatic rings. The van der Waals surface area contributed by atoms with Crippen LogP contribution in [0.5, 0.6) is 0 Å². The number of carbonyl (C=O) groups is 1. The molecular weight excluding hydrogens is 515 g/mol. The Hall–Kier alpha value is -2.62. The lowest BCUT2D eigenvalue weighted by Gasteiger charge is -2.36. The minimum Gasteiger partial charge on any atom is -0.357 e. The van der Waals surface area contributed by atoms with Crippen molar-refractivity contribution in [3.8, 4) is 0 Å². The molecule has 0 radical (unpaired) electrons. The van der Waals surface area contributed by atoms with Crippen molar-refractivity contribution >= 4 is 46.9 Å². The molecule has 1 aliphatic rings. The molecule has 1 aliphatic heterocycles. The van der Waals surface area contributed by atoms with Crippen molar-refractivity contribution in [3.63, 3.8) is 0 Å². The second kappa shape index (κ2) is 11.3. The van der Waals surface area contributed by atoms with Crippen molar-refractivity contribution in [1.82, 2.24) is 24.7 Å². The van der Waals surface area contributed by atoms with Gasteiger partial charge in [0.2, 0.25) is 5.91 Å². The van der Waals surface area contributed by atoms with Gasteiger partial charge in [-0.1, -0.05) is 36.4 Å². The molecule has 0 unspecified atom stereocenters. The number of rotatable bonds is 5. The monoisotopic (exact) mass is 546 g/mol. The summed E-state index contributed by atoms with van der Waals surface area (Å²) < 4.78 is 2.17. The molecule has 1 N–H and O–H groups in total. The van der Waals surface area contributed by atoms with Crippen LogP contribution in [0.1, 0.15) is 25.0 Å². The fourth-order valence-corrected chi connectivity index (χ4v) is 3.91. The lowest BCUT2D eigenvalue weighted by Crippen LogP contribution is -2.53. The van der Waals surface area contributed by atoms with E-state index in [9.17, 15) is 4.79 Å². The maximum Gasteiger partial charge on any atom is 0.219 e. The number of hydrogen-bond donors (Lipinski definition) is 1. The van der Waals surface area contributed by atoms with E-state index in [4.69, 9.17) is 4.99 Å². The third-order valence-electron chi connectivity index (χ3n) is 5.67. The van der Waals surface area contributed by atoms with Crippen molar-refractivity contribution < 1.29 is 4.79 Å². The number of carbonyl (C=O) groups excluding carboxylic acids is 1. The van der Waals surface area contributed by atoms with Crippen molar-refractivity contribution in [2.24, 2.45) is 4.99 Å². The number of para-hydroxylation sites is 2. The molecule has 170 valence electrons. The van der Waals surface area contributed by atoms with Crippen molar-refractivity contribution in [3.05, 3.63) is 66.0 Å². The van der Waals surface area contributed by atoms with Gasteiger partial charge in [-0.3, -0.25) is 4.79 Å². The zero-order valence-electron chi connectivity index (χ0n) is 18.7. The molecule has 1 aromatic heterocycles. The highest BCUT2D eigenvalue weighted by atomic mass is 127. The van der Waals surface area contributed by atoms with E-state index >= 15 is 0 Å². The first-order valence-corrected chi connectivity index (χ1v) is 10.9. The molecule has 8 heteroatoms. The molecule has 1 amide bonds. The van der Waals surface area contributed by atoms with Crippen LogP contribution in [-0.2, 0) is 17.9 Å². The van der Waals surface area contributed by atoms with Gasteiger partial charge in [-0.25, -0.2) is 9.98 Å². The van der Waals surface area contributed by atoms with Gasteiger partial charge in [0.05, 0.1) is 23.9 Å². The summed E-state index contributed by atoms with van der Waals surface area (Å²) in [6, 6.07) is 16.8. The lowest BCUT2D eigenvalue weighted by molar-refractivity contribution is -0.130. The number of imidazole rings is 1. The molecule has 2 heterocycles. The summed E-state index contributed by atoms with van der Waals surface area (Å²) in [5.74, 6) is 1.06. The highest BCUT2D eigenvalue weighted by molar-refractivity contribution is 14.0. The zero-order valence-corrected chi connectivity index (χ0v) is 21.0. The second-order valence-electron chi connectivity index (χ2n) is 7.84. The number of benzene rings is 2. The average Bonchev–Trinajstić information content (AvgIpc) is 3.20. The number of nitrogens with zero attached hydrogens (tertiary/aromatic N) is 5. The summed E-state index contributed by atoms with van der Waals surface area (Å²) in [6.07, 6.45) is 1.90. The number of nitrogens with one attached hydrogen (secondary N) is 1. The van der Waals surface area contributed by atoms with Crippen LogP contribution in [0, 0.1) is 0 Å². The molecule has 0 aliphatic carbocycles. The Labute approximate surface area is 206 Å². The van der Waals surface area contributed by atoms with Gasteiger partial charge in [-0.05, 0) is 30.2 Å². The first-order valence-electron chi connectivity index (χ1n) is 10.9. The summed E-state index contributed by atoms with van der Waals surface area (Å²) >= 11 is 0. The highest BCUT2D eigenvalue weighted by Gasteiger charge is 2.20. The third-order valence-corrected chi connectivity index (χ3v) is 5.67. The van der Waals surface area contributed by atoms with Crippen LogP contribution >= 0.6 is 24.0 Å². The number of fused-ring (bicyclic) bond motifs is 1. The predicted molar refractivity (Wildman–Crippen MR) is 139 cm³/mol. The van der Waals surface area contributed by atoms with Crippen LogP contribution in [0.2, 0.25) is 0 Å². The number of hydrogen-bond acceptors (Lipinski definition) is 3. The molecular formula is C24H31IN6O. The maximum absolute atomic E-state index is 11.6. The van der Waals surface area contributed by atoms with E-state index in [1.54, 1.807) is 6.92 Å². The molecule has 32 heavy (non-hydrogen) atoms. The van der Waals surface area contributed by atoms with Crippen LogP contribution < -0.4 is 5.32 Å². The van der Waals surface area contributed by atoms with Crippen molar-refractivity contribution in [2.75, 3.05) is 32.7 Å². The number of aliphatic imine (C=N–C) groups is 1. The number of guanidine groups is 1. The summed E-state index contributed by atoms with van der Waals surface area (Å²) in [5.41, 5.74) is 4.59. The summed E-state index contributed by atoms with van der Waals surface area (Å²) in [6.45, 7) is 9.07. The zero-order chi connectivity index (χ0) is 21.6. The SMILES string of the molecule is CCNC(=NCc1ccc(Cn2cnc3ccccc32)cc1)N1CCN(C(C)=O)CC1.I. The van der Waals surface area contributed by atoms with Gasteiger partial charge in [-0.15, -0.1) is 24.0 Å². The Morgan fingerprint density at radius 1 is 1.00 bits per heavy atom. The maximum atomic E-state index is 11.6. The Kier molecular flexibility index (Phi) is 8.49. The highest BCUT2D eigenvalue weighted by Crippen LogP contribution is 2.15. The van der Waals surface area contributed by atoms with Gasteiger partial charge in [0.1, 0.15) is 0 Å². The Bertz CT molecular complexity index is 1050. The summed E-state index contributed by atoms with van der Waals surface area (Å²) in [4.78, 5) is 25.0. The molecule has 0 spiro atoms. The van der Waals surface area contributed by atoms with E-state index in [0.717, 1.165) is 56.3 Å². The molecule has 0 saturated carbocycles. The number of halogens is 1. The Balaban J connectivity index is 0.00000289. The van der Waals surface area contributed by atoms with E-state index in [0.29, 0.717) is 6.54 Å². The van der Waals surface area contributed by atoms with E-state index < -0.39 is 0 Å². The molecule has 0 atom stereocenters. The first kappa shape index (κ1) is 24.0. The average molecular weight is 546 g/mol. The quantitative estimate of drug-likeness (QED) is 0.303. The van der Waals surface area contributed by atoms with E-state index in [1.165, 1.54) is 11.1 Å². The third kappa shape index (κ3) is 5.79. The topological polar surface area (TPSA) is 65.8 Å².